The van der Waals surface area contributed by atoms with E-state index in [0.29, 0.717) is 74.1 Å². The Morgan fingerprint density at radius 1 is 1.15 bits per heavy atom. The molecule has 3 aromatic rings. The summed E-state index contributed by atoms with van der Waals surface area (Å²) in [6.07, 6.45) is 1.64. The molecule has 0 radical (unpaired) electrons. The minimum atomic E-state index is -1.52. The minimum Gasteiger partial charge on any atom is -0.497 e. The van der Waals surface area contributed by atoms with Gasteiger partial charge in [0, 0.05) is 40.4 Å². The fourth-order valence-corrected chi connectivity index (χ4v) is 5.79. The summed E-state index contributed by atoms with van der Waals surface area (Å²) in [5.74, 6) is -3.24. The lowest BCUT2D eigenvalue weighted by molar-refractivity contribution is -0.141. The standard InChI is InChI=1S/C30H33F5N2O3/c1-40-21-4-5-27-23(15-21)29(19(17-31)18-36-27)24(33)6-7-30(16-28(38)39)8-11-37(12-9-30)10-2-3-22-25(34)13-20(32)14-26(22)35/h4-5,13-15,18,24H,2-3,6-12,16-17H2,1H3,(H,38,39)/t24-/m0/s1. The van der Waals surface area contributed by atoms with E-state index < -0.39 is 41.7 Å². The maximum Gasteiger partial charge on any atom is 0.303 e. The SMILES string of the molecule is COc1ccc2ncc(CF)c([C@@H](F)CCC3(CC(=O)O)CCN(CCCc4c(F)cc(F)cc4F)CC3)c2c1. The van der Waals surface area contributed by atoms with Crippen molar-refractivity contribution in [1.29, 1.82) is 0 Å². The van der Waals surface area contributed by atoms with Gasteiger partial charge in [0.1, 0.15) is 36.0 Å². The second kappa shape index (κ2) is 12.9. The molecule has 2 heterocycles. The van der Waals surface area contributed by atoms with Crippen molar-refractivity contribution in [2.45, 2.75) is 57.8 Å². The molecule has 2 aromatic carbocycles. The number of benzene rings is 2. The van der Waals surface area contributed by atoms with Gasteiger partial charge < -0.3 is 14.7 Å². The number of rotatable bonds is 12. The Balaban J connectivity index is 1.41. The highest BCUT2D eigenvalue weighted by atomic mass is 19.2. The van der Waals surface area contributed by atoms with Crippen LogP contribution in [0.4, 0.5) is 22.0 Å². The molecule has 10 heteroatoms. The molecule has 1 saturated heterocycles. The maximum atomic E-state index is 15.8. The van der Waals surface area contributed by atoms with Gasteiger partial charge in [0.25, 0.3) is 0 Å². The van der Waals surface area contributed by atoms with Crippen molar-refractivity contribution in [3.8, 4) is 5.75 Å². The Labute approximate surface area is 230 Å². The highest BCUT2D eigenvalue weighted by Crippen LogP contribution is 2.43. The number of piperidine rings is 1. The van der Waals surface area contributed by atoms with Crippen molar-refractivity contribution in [3.63, 3.8) is 0 Å². The van der Waals surface area contributed by atoms with Crippen molar-refractivity contribution < 1.29 is 36.6 Å². The number of halogens is 5. The van der Waals surface area contributed by atoms with Gasteiger partial charge in [0.05, 0.1) is 19.0 Å². The lowest BCUT2D eigenvalue weighted by atomic mass is 9.71. The lowest BCUT2D eigenvalue weighted by Gasteiger charge is -2.41. The van der Waals surface area contributed by atoms with Crippen LogP contribution in [-0.4, -0.2) is 47.7 Å². The summed E-state index contributed by atoms with van der Waals surface area (Å²) in [6.45, 7) is 0.778. The molecule has 4 rings (SSSR count). The molecule has 0 saturated carbocycles. The van der Waals surface area contributed by atoms with Crippen LogP contribution in [0.25, 0.3) is 10.9 Å². The Kier molecular flexibility index (Phi) is 9.60. The average Bonchev–Trinajstić information content (AvgIpc) is 2.92. The summed E-state index contributed by atoms with van der Waals surface area (Å²) in [6, 6.07) is 6.36. The van der Waals surface area contributed by atoms with Gasteiger partial charge >= 0.3 is 5.97 Å². The van der Waals surface area contributed by atoms with E-state index in [1.807, 2.05) is 0 Å². The third-order valence-electron chi connectivity index (χ3n) is 8.03. The number of hydrogen-bond donors (Lipinski definition) is 1. The molecule has 216 valence electrons. The zero-order valence-electron chi connectivity index (χ0n) is 22.4. The van der Waals surface area contributed by atoms with Gasteiger partial charge in [-0.05, 0) is 81.8 Å². The first-order chi connectivity index (χ1) is 19.1. The molecule has 5 nitrogen and oxygen atoms in total. The zero-order chi connectivity index (χ0) is 28.9. The quantitative estimate of drug-likeness (QED) is 0.238. The van der Waals surface area contributed by atoms with Gasteiger partial charge in [-0.15, -0.1) is 0 Å². The summed E-state index contributed by atoms with van der Waals surface area (Å²) in [5.41, 5.74) is 0.114. The molecule has 1 fully saturated rings. The number of aromatic nitrogens is 1. The fourth-order valence-electron chi connectivity index (χ4n) is 5.79. The first-order valence-corrected chi connectivity index (χ1v) is 13.4. The zero-order valence-corrected chi connectivity index (χ0v) is 22.4. The topological polar surface area (TPSA) is 62.7 Å². The molecule has 40 heavy (non-hydrogen) atoms. The van der Waals surface area contributed by atoms with E-state index in [2.05, 4.69) is 9.88 Å². The van der Waals surface area contributed by atoms with Crippen molar-refractivity contribution in [2.24, 2.45) is 5.41 Å². The normalized spacial score (nSPS) is 16.2. The number of carboxylic acid groups (broad SMARTS) is 1. The fraction of sp³-hybridized carbons (Fsp3) is 0.467. The van der Waals surface area contributed by atoms with Crippen LogP contribution in [0, 0.1) is 22.9 Å². The number of nitrogens with zero attached hydrogens (tertiary/aromatic N) is 2. The molecule has 0 spiro atoms. The monoisotopic (exact) mass is 564 g/mol. The summed E-state index contributed by atoms with van der Waals surface area (Å²) >= 11 is 0. The Hall–Kier alpha value is -3.27. The van der Waals surface area contributed by atoms with E-state index in [1.165, 1.54) is 13.3 Å². The second-order valence-electron chi connectivity index (χ2n) is 10.6. The Morgan fingerprint density at radius 2 is 1.85 bits per heavy atom. The number of likely N-dealkylation sites (tertiary alicyclic amines) is 1. The van der Waals surface area contributed by atoms with Crippen LogP contribution in [0.2, 0.25) is 0 Å². The first-order valence-electron chi connectivity index (χ1n) is 13.4. The van der Waals surface area contributed by atoms with Crippen LogP contribution in [0.15, 0.2) is 36.5 Å². The van der Waals surface area contributed by atoms with Gasteiger partial charge in [-0.2, -0.15) is 0 Å². The lowest BCUT2D eigenvalue weighted by Crippen LogP contribution is -2.41. The molecular formula is C30H33F5N2O3. The predicted octanol–water partition coefficient (Wildman–Crippen LogP) is 7.11. The van der Waals surface area contributed by atoms with E-state index in [9.17, 15) is 27.5 Å². The smallest absolute Gasteiger partial charge is 0.303 e. The van der Waals surface area contributed by atoms with Crippen LogP contribution >= 0.6 is 0 Å². The number of fused-ring (bicyclic) bond motifs is 1. The molecule has 1 aromatic heterocycles. The maximum absolute atomic E-state index is 15.8. The van der Waals surface area contributed by atoms with Gasteiger partial charge in [0.15, 0.2) is 0 Å². The Morgan fingerprint density at radius 3 is 2.48 bits per heavy atom. The first kappa shape index (κ1) is 29.7. The molecule has 1 aliphatic heterocycles. The minimum absolute atomic E-state index is 0.0275. The van der Waals surface area contributed by atoms with Crippen molar-refractivity contribution in [2.75, 3.05) is 26.7 Å². The van der Waals surface area contributed by atoms with Crippen LogP contribution in [0.1, 0.15) is 61.4 Å². The van der Waals surface area contributed by atoms with E-state index >= 15 is 4.39 Å². The van der Waals surface area contributed by atoms with Crippen LogP contribution < -0.4 is 4.74 Å². The third-order valence-corrected chi connectivity index (χ3v) is 8.03. The number of ether oxygens (including phenoxy) is 1. The second-order valence-corrected chi connectivity index (χ2v) is 10.6. The van der Waals surface area contributed by atoms with Gasteiger partial charge in [-0.3, -0.25) is 9.78 Å². The third kappa shape index (κ3) is 6.89. The summed E-state index contributed by atoms with van der Waals surface area (Å²) < 4.78 is 75.9. The van der Waals surface area contributed by atoms with Crippen molar-refractivity contribution in [1.82, 2.24) is 9.88 Å². The Bertz CT molecular complexity index is 1320. The van der Waals surface area contributed by atoms with Crippen LogP contribution in [-0.2, 0) is 17.9 Å². The highest BCUT2D eigenvalue weighted by Gasteiger charge is 2.37. The largest absolute Gasteiger partial charge is 0.497 e. The number of pyridine rings is 1. The predicted molar refractivity (Wildman–Crippen MR) is 141 cm³/mol. The number of methoxy groups -OCH3 is 1. The van der Waals surface area contributed by atoms with Crippen molar-refractivity contribution in [3.05, 3.63) is 70.7 Å². The van der Waals surface area contributed by atoms with E-state index in [0.717, 1.165) is 0 Å². The highest BCUT2D eigenvalue weighted by molar-refractivity contribution is 5.85. The van der Waals surface area contributed by atoms with Crippen LogP contribution in [0.3, 0.4) is 0 Å². The number of alkyl halides is 2. The van der Waals surface area contributed by atoms with E-state index in [4.69, 9.17) is 4.74 Å². The number of hydrogen-bond acceptors (Lipinski definition) is 4. The van der Waals surface area contributed by atoms with Gasteiger partial charge in [-0.25, -0.2) is 22.0 Å². The molecule has 1 aliphatic rings. The molecule has 0 aliphatic carbocycles. The molecule has 0 amide bonds. The van der Waals surface area contributed by atoms with Gasteiger partial charge in [-0.1, -0.05) is 0 Å². The summed E-state index contributed by atoms with van der Waals surface area (Å²) in [5, 5.41) is 10.1. The number of carbonyl (C=O) groups is 1. The van der Waals surface area contributed by atoms with E-state index in [-0.39, 0.29) is 36.0 Å². The van der Waals surface area contributed by atoms with E-state index in [1.54, 1.807) is 18.2 Å². The molecule has 1 atom stereocenters. The average molecular weight is 565 g/mol. The van der Waals surface area contributed by atoms with Gasteiger partial charge in [0.2, 0.25) is 0 Å². The molecule has 0 bridgehead atoms. The number of aliphatic carboxylic acids is 1. The van der Waals surface area contributed by atoms with Crippen molar-refractivity contribution >= 4 is 16.9 Å². The molecule has 0 unspecified atom stereocenters. The molecule has 1 N–H and O–H groups in total. The molecular weight excluding hydrogens is 531 g/mol. The number of carboxylic acids is 1. The van der Waals surface area contributed by atoms with Crippen LogP contribution in [0.5, 0.6) is 5.75 Å². The summed E-state index contributed by atoms with van der Waals surface area (Å²) in [7, 11) is 1.49. The summed E-state index contributed by atoms with van der Waals surface area (Å²) in [4.78, 5) is 18.1.